The molecule has 1 aromatic carbocycles. The maximum absolute atomic E-state index is 12.3. The molecule has 0 spiro atoms. The normalized spacial score (nSPS) is 11.1. The minimum Gasteiger partial charge on any atom is -0.478 e. The Kier molecular flexibility index (Phi) is 6.12. The summed E-state index contributed by atoms with van der Waals surface area (Å²) >= 11 is 3.13. The number of ether oxygens (including phenoxy) is 3. The molecule has 0 saturated carbocycles. The molecule has 1 aromatic rings. The molecule has 0 amide bonds. The maximum atomic E-state index is 12.3. The van der Waals surface area contributed by atoms with E-state index >= 15 is 0 Å². The summed E-state index contributed by atoms with van der Waals surface area (Å²) in [5.41, 5.74) is 0.577. The van der Waals surface area contributed by atoms with Crippen LogP contribution >= 0.6 is 15.9 Å². The zero-order chi connectivity index (χ0) is 15.2. The van der Waals surface area contributed by atoms with E-state index in [2.05, 4.69) is 25.4 Å². The monoisotopic (exact) mass is 356 g/mol. The van der Waals surface area contributed by atoms with Crippen molar-refractivity contribution in [2.24, 2.45) is 0 Å². The Labute approximate surface area is 121 Å². The lowest BCUT2D eigenvalue weighted by molar-refractivity contribution is -0.275. The standard InChI is InChI=1S/C12H12BrF3O4/c1-2-18-11(17)7-19-9-4-3-8(6-13)5-10(9)20-12(14,15)16/h3-5H,2,6-7H2,1H3. The summed E-state index contributed by atoms with van der Waals surface area (Å²) in [5.74, 6) is -1.35. The minimum absolute atomic E-state index is 0.163. The van der Waals surface area contributed by atoms with Crippen molar-refractivity contribution in [3.63, 3.8) is 0 Å². The number of carbonyl (C=O) groups excluding carboxylic acids is 1. The molecular weight excluding hydrogens is 345 g/mol. The van der Waals surface area contributed by atoms with Crippen LogP contribution in [0.2, 0.25) is 0 Å². The van der Waals surface area contributed by atoms with E-state index < -0.39 is 24.7 Å². The lowest BCUT2D eigenvalue weighted by atomic mass is 10.2. The number of hydrogen-bond donors (Lipinski definition) is 0. The number of halogens is 4. The highest BCUT2D eigenvalue weighted by Gasteiger charge is 2.32. The van der Waals surface area contributed by atoms with Crippen LogP contribution in [0, 0.1) is 0 Å². The first kappa shape index (κ1) is 16.6. The van der Waals surface area contributed by atoms with Crippen LogP contribution in [0.4, 0.5) is 13.2 Å². The lowest BCUT2D eigenvalue weighted by Crippen LogP contribution is -2.19. The Balaban J connectivity index is 2.85. The topological polar surface area (TPSA) is 44.8 Å². The molecule has 0 aliphatic rings. The lowest BCUT2D eigenvalue weighted by Gasteiger charge is -2.14. The SMILES string of the molecule is CCOC(=O)COc1ccc(CBr)cc1OC(F)(F)F. The van der Waals surface area contributed by atoms with Crippen molar-refractivity contribution in [3.8, 4) is 11.5 Å². The Morgan fingerprint density at radius 3 is 2.55 bits per heavy atom. The molecule has 1 rings (SSSR count). The van der Waals surface area contributed by atoms with E-state index in [1.165, 1.54) is 12.1 Å². The summed E-state index contributed by atoms with van der Waals surface area (Å²) in [6, 6.07) is 4.04. The van der Waals surface area contributed by atoms with Crippen LogP contribution in [0.15, 0.2) is 18.2 Å². The number of benzene rings is 1. The highest BCUT2D eigenvalue weighted by molar-refractivity contribution is 9.08. The Hall–Kier alpha value is -1.44. The van der Waals surface area contributed by atoms with Gasteiger partial charge in [0.1, 0.15) is 0 Å². The van der Waals surface area contributed by atoms with Crippen molar-refractivity contribution >= 4 is 21.9 Å². The minimum atomic E-state index is -4.84. The first-order valence-electron chi connectivity index (χ1n) is 5.58. The molecule has 0 unspecified atom stereocenters. The zero-order valence-corrected chi connectivity index (χ0v) is 12.1. The molecule has 0 fully saturated rings. The predicted molar refractivity (Wildman–Crippen MR) is 67.9 cm³/mol. The van der Waals surface area contributed by atoms with Crippen LogP contribution < -0.4 is 9.47 Å². The van der Waals surface area contributed by atoms with Crippen LogP contribution in [-0.2, 0) is 14.9 Å². The zero-order valence-electron chi connectivity index (χ0n) is 10.5. The quantitative estimate of drug-likeness (QED) is 0.578. The average molecular weight is 357 g/mol. The molecule has 0 aliphatic carbocycles. The summed E-state index contributed by atoms with van der Waals surface area (Å²) in [5, 5.41) is 0.360. The smallest absolute Gasteiger partial charge is 0.478 e. The van der Waals surface area contributed by atoms with Crippen molar-refractivity contribution in [3.05, 3.63) is 23.8 Å². The van der Waals surface area contributed by atoms with Gasteiger partial charge in [-0.05, 0) is 24.6 Å². The largest absolute Gasteiger partial charge is 0.573 e. The molecular formula is C12H12BrF3O4. The van der Waals surface area contributed by atoms with E-state index in [1.54, 1.807) is 13.0 Å². The van der Waals surface area contributed by atoms with Crippen molar-refractivity contribution in [1.82, 2.24) is 0 Å². The van der Waals surface area contributed by atoms with Gasteiger partial charge in [0.25, 0.3) is 0 Å². The third kappa shape index (κ3) is 5.68. The van der Waals surface area contributed by atoms with E-state index in [1.807, 2.05) is 0 Å². The Morgan fingerprint density at radius 1 is 1.30 bits per heavy atom. The van der Waals surface area contributed by atoms with Crippen molar-refractivity contribution in [2.75, 3.05) is 13.2 Å². The van der Waals surface area contributed by atoms with Crippen molar-refractivity contribution < 1.29 is 32.2 Å². The molecule has 0 aromatic heterocycles. The van der Waals surface area contributed by atoms with E-state index in [0.29, 0.717) is 10.9 Å². The van der Waals surface area contributed by atoms with Gasteiger partial charge in [-0.15, -0.1) is 13.2 Å². The fourth-order valence-electron chi connectivity index (χ4n) is 1.30. The number of rotatable bonds is 6. The predicted octanol–water partition coefficient (Wildman–Crippen LogP) is 3.42. The highest BCUT2D eigenvalue weighted by Crippen LogP contribution is 2.33. The fraction of sp³-hybridized carbons (Fsp3) is 0.417. The third-order valence-electron chi connectivity index (χ3n) is 2.04. The average Bonchev–Trinajstić information content (AvgIpc) is 2.35. The first-order valence-corrected chi connectivity index (χ1v) is 6.71. The van der Waals surface area contributed by atoms with Crippen LogP contribution in [0.3, 0.4) is 0 Å². The van der Waals surface area contributed by atoms with Gasteiger partial charge in [0.05, 0.1) is 6.61 Å². The Morgan fingerprint density at radius 2 is 2.00 bits per heavy atom. The Bertz CT molecular complexity index is 463. The highest BCUT2D eigenvalue weighted by atomic mass is 79.9. The molecule has 20 heavy (non-hydrogen) atoms. The van der Waals surface area contributed by atoms with Gasteiger partial charge in [-0.3, -0.25) is 0 Å². The summed E-state index contributed by atoms with van der Waals surface area (Å²) in [6.07, 6.45) is -4.84. The number of esters is 1. The van der Waals surface area contributed by atoms with E-state index in [9.17, 15) is 18.0 Å². The molecule has 0 saturated heterocycles. The van der Waals surface area contributed by atoms with Crippen molar-refractivity contribution in [2.45, 2.75) is 18.6 Å². The second-order valence-electron chi connectivity index (χ2n) is 3.56. The molecule has 0 bridgehead atoms. The van der Waals surface area contributed by atoms with E-state index in [4.69, 9.17) is 4.74 Å². The van der Waals surface area contributed by atoms with Gasteiger partial charge in [0.2, 0.25) is 0 Å². The fourth-order valence-corrected chi connectivity index (χ4v) is 1.65. The third-order valence-corrected chi connectivity index (χ3v) is 2.69. The van der Waals surface area contributed by atoms with Gasteiger partial charge in [-0.25, -0.2) is 4.79 Å². The number of carbonyl (C=O) groups is 1. The molecule has 0 atom stereocenters. The van der Waals surface area contributed by atoms with Gasteiger partial charge in [0.15, 0.2) is 18.1 Å². The summed E-state index contributed by atoms with van der Waals surface area (Å²) in [6.45, 7) is 1.28. The van der Waals surface area contributed by atoms with Crippen LogP contribution in [0.25, 0.3) is 0 Å². The van der Waals surface area contributed by atoms with Gasteiger partial charge < -0.3 is 14.2 Å². The number of alkyl halides is 4. The second kappa shape index (κ2) is 7.37. The van der Waals surface area contributed by atoms with Crippen LogP contribution in [-0.4, -0.2) is 25.5 Å². The molecule has 0 N–H and O–H groups in total. The van der Waals surface area contributed by atoms with E-state index in [-0.39, 0.29) is 12.4 Å². The molecule has 112 valence electrons. The molecule has 0 heterocycles. The second-order valence-corrected chi connectivity index (χ2v) is 4.12. The van der Waals surface area contributed by atoms with E-state index in [0.717, 1.165) is 0 Å². The molecule has 0 radical (unpaired) electrons. The van der Waals surface area contributed by atoms with Gasteiger partial charge in [-0.1, -0.05) is 22.0 Å². The van der Waals surface area contributed by atoms with Gasteiger partial charge in [-0.2, -0.15) is 0 Å². The summed E-state index contributed by atoms with van der Waals surface area (Å²) in [7, 11) is 0. The molecule has 0 aliphatic heterocycles. The maximum Gasteiger partial charge on any atom is 0.573 e. The van der Waals surface area contributed by atoms with Gasteiger partial charge in [0, 0.05) is 5.33 Å². The van der Waals surface area contributed by atoms with Gasteiger partial charge >= 0.3 is 12.3 Å². The summed E-state index contributed by atoms with van der Waals surface area (Å²) < 4.78 is 50.4. The molecule has 4 nitrogen and oxygen atoms in total. The number of hydrogen-bond acceptors (Lipinski definition) is 4. The van der Waals surface area contributed by atoms with Crippen LogP contribution in [0.5, 0.6) is 11.5 Å². The molecule has 8 heteroatoms. The first-order chi connectivity index (χ1) is 9.35. The van der Waals surface area contributed by atoms with Crippen LogP contribution in [0.1, 0.15) is 12.5 Å². The van der Waals surface area contributed by atoms with Crippen molar-refractivity contribution in [1.29, 1.82) is 0 Å². The summed E-state index contributed by atoms with van der Waals surface area (Å²) in [4.78, 5) is 11.1.